The Bertz CT molecular complexity index is 517. The van der Waals surface area contributed by atoms with Gasteiger partial charge in [0.1, 0.15) is 5.75 Å². The van der Waals surface area contributed by atoms with Crippen LogP contribution in [0.25, 0.3) is 0 Å². The average Bonchev–Trinajstić information content (AvgIpc) is 2.36. The van der Waals surface area contributed by atoms with Crippen molar-refractivity contribution in [1.29, 1.82) is 0 Å². The first-order valence-electron chi connectivity index (χ1n) is 5.65. The van der Waals surface area contributed by atoms with Crippen LogP contribution in [0.5, 0.6) is 5.75 Å². The molecule has 7 heteroatoms. The zero-order chi connectivity index (χ0) is 15.1. The third kappa shape index (κ3) is 5.05. The molecule has 2 N–H and O–H groups in total. The number of aliphatic carboxylic acids is 1. The number of ether oxygens (including phenoxy) is 1. The third-order valence-corrected chi connectivity index (χ3v) is 2.34. The summed E-state index contributed by atoms with van der Waals surface area (Å²) in [5.41, 5.74) is 0.366. The standard InChI is InChI=1S/C13H13F2NO4/c1-8(16-11(17)6-7-12(18)19)9-4-2-3-5-10(9)20-13(14)15/h2-8,13H,1H3,(H,16,17)(H,18,19)/b7-6+. The van der Waals surface area contributed by atoms with Crippen molar-refractivity contribution in [1.82, 2.24) is 5.32 Å². The molecule has 0 aliphatic carbocycles. The van der Waals surface area contributed by atoms with Crippen molar-refractivity contribution in [3.8, 4) is 5.75 Å². The van der Waals surface area contributed by atoms with E-state index < -0.39 is 24.5 Å². The zero-order valence-corrected chi connectivity index (χ0v) is 10.5. The summed E-state index contributed by atoms with van der Waals surface area (Å²) in [6.07, 6.45) is 1.53. The Labute approximate surface area is 113 Å². The van der Waals surface area contributed by atoms with E-state index in [4.69, 9.17) is 5.11 Å². The fraction of sp³-hybridized carbons (Fsp3) is 0.231. The Kier molecular flexibility index (Phi) is 5.64. The summed E-state index contributed by atoms with van der Waals surface area (Å²) in [5.74, 6) is -1.95. The molecule has 0 spiro atoms. The van der Waals surface area contributed by atoms with Gasteiger partial charge in [-0.25, -0.2) is 4.79 Å². The minimum Gasteiger partial charge on any atom is -0.478 e. The summed E-state index contributed by atoms with van der Waals surface area (Å²) in [6.45, 7) is -1.40. The Balaban J connectivity index is 2.79. The molecule has 1 atom stereocenters. The smallest absolute Gasteiger partial charge is 0.387 e. The van der Waals surface area contributed by atoms with Crippen molar-refractivity contribution in [2.24, 2.45) is 0 Å². The predicted octanol–water partition coefficient (Wildman–Crippen LogP) is 2.11. The topological polar surface area (TPSA) is 75.6 Å². The number of carbonyl (C=O) groups is 2. The Hall–Kier alpha value is -2.44. The summed E-state index contributed by atoms with van der Waals surface area (Å²) in [6, 6.07) is 5.42. The molecule has 20 heavy (non-hydrogen) atoms. The van der Waals surface area contributed by atoms with Gasteiger partial charge in [0.25, 0.3) is 0 Å². The summed E-state index contributed by atoms with van der Waals surface area (Å²) < 4.78 is 28.8. The molecule has 0 saturated heterocycles. The SMILES string of the molecule is CC(NC(=O)/C=C/C(=O)O)c1ccccc1OC(F)F. The summed E-state index contributed by atoms with van der Waals surface area (Å²) in [5, 5.41) is 10.8. The van der Waals surface area contributed by atoms with Crippen LogP contribution in [-0.4, -0.2) is 23.6 Å². The first-order chi connectivity index (χ1) is 9.40. The van der Waals surface area contributed by atoms with Gasteiger partial charge in [-0.1, -0.05) is 18.2 Å². The number of carboxylic acids is 1. The summed E-state index contributed by atoms with van der Waals surface area (Å²) >= 11 is 0. The molecule has 0 aliphatic heterocycles. The molecule has 0 saturated carbocycles. The second kappa shape index (κ2) is 7.22. The lowest BCUT2D eigenvalue weighted by Crippen LogP contribution is -2.25. The maximum atomic E-state index is 12.3. The number of amides is 1. The van der Waals surface area contributed by atoms with Crippen molar-refractivity contribution in [2.75, 3.05) is 0 Å². The predicted molar refractivity (Wildman–Crippen MR) is 66.4 cm³/mol. The molecule has 0 aromatic heterocycles. The van der Waals surface area contributed by atoms with Crippen LogP contribution in [0.4, 0.5) is 8.78 Å². The average molecular weight is 285 g/mol. The number of carbonyl (C=O) groups excluding carboxylic acids is 1. The Morgan fingerprint density at radius 3 is 2.55 bits per heavy atom. The van der Waals surface area contributed by atoms with Gasteiger partial charge in [-0.3, -0.25) is 4.79 Å². The second-order valence-corrected chi connectivity index (χ2v) is 3.82. The number of carboxylic acid groups (broad SMARTS) is 1. The van der Waals surface area contributed by atoms with E-state index in [9.17, 15) is 18.4 Å². The van der Waals surface area contributed by atoms with E-state index in [-0.39, 0.29) is 5.75 Å². The number of hydrogen-bond donors (Lipinski definition) is 2. The molecule has 0 radical (unpaired) electrons. The van der Waals surface area contributed by atoms with Crippen LogP contribution in [-0.2, 0) is 9.59 Å². The van der Waals surface area contributed by atoms with E-state index in [1.807, 2.05) is 0 Å². The molecule has 5 nitrogen and oxygen atoms in total. The first kappa shape index (κ1) is 15.6. The number of alkyl halides is 2. The van der Waals surface area contributed by atoms with Crippen molar-refractivity contribution in [3.63, 3.8) is 0 Å². The van der Waals surface area contributed by atoms with E-state index in [1.54, 1.807) is 13.0 Å². The Morgan fingerprint density at radius 1 is 1.30 bits per heavy atom. The largest absolute Gasteiger partial charge is 0.478 e. The number of rotatable bonds is 6. The monoisotopic (exact) mass is 285 g/mol. The van der Waals surface area contributed by atoms with Gasteiger partial charge in [-0.2, -0.15) is 8.78 Å². The number of hydrogen-bond acceptors (Lipinski definition) is 3. The van der Waals surface area contributed by atoms with E-state index in [1.165, 1.54) is 18.2 Å². The van der Waals surface area contributed by atoms with Gasteiger partial charge >= 0.3 is 12.6 Å². The van der Waals surface area contributed by atoms with Crippen LogP contribution in [0.2, 0.25) is 0 Å². The van der Waals surface area contributed by atoms with E-state index in [0.717, 1.165) is 6.08 Å². The molecule has 1 aromatic rings. The lowest BCUT2D eigenvalue weighted by molar-refractivity contribution is -0.131. The third-order valence-electron chi connectivity index (χ3n) is 2.34. The van der Waals surface area contributed by atoms with Crippen LogP contribution < -0.4 is 10.1 Å². The number of benzene rings is 1. The van der Waals surface area contributed by atoms with E-state index in [2.05, 4.69) is 10.1 Å². The lowest BCUT2D eigenvalue weighted by Gasteiger charge is -2.17. The second-order valence-electron chi connectivity index (χ2n) is 3.82. The maximum absolute atomic E-state index is 12.3. The van der Waals surface area contributed by atoms with Gasteiger partial charge in [0.15, 0.2) is 0 Å². The molecular formula is C13H13F2NO4. The normalized spacial score (nSPS) is 12.4. The van der Waals surface area contributed by atoms with E-state index >= 15 is 0 Å². The quantitative estimate of drug-likeness (QED) is 0.785. The van der Waals surface area contributed by atoms with Gasteiger partial charge in [-0.05, 0) is 13.0 Å². The molecule has 0 heterocycles. The molecule has 1 amide bonds. The lowest BCUT2D eigenvalue weighted by atomic mass is 10.1. The molecule has 1 unspecified atom stereocenters. The summed E-state index contributed by atoms with van der Waals surface area (Å²) in [7, 11) is 0. The van der Waals surface area contributed by atoms with Crippen molar-refractivity contribution < 1.29 is 28.2 Å². The molecule has 0 bridgehead atoms. The van der Waals surface area contributed by atoms with Crippen LogP contribution in [0, 0.1) is 0 Å². The fourth-order valence-electron chi connectivity index (χ4n) is 1.53. The van der Waals surface area contributed by atoms with Gasteiger partial charge in [0.2, 0.25) is 5.91 Å². The maximum Gasteiger partial charge on any atom is 0.387 e. The molecular weight excluding hydrogens is 272 g/mol. The minimum atomic E-state index is -2.97. The first-order valence-corrected chi connectivity index (χ1v) is 5.65. The fourth-order valence-corrected chi connectivity index (χ4v) is 1.53. The highest BCUT2D eigenvalue weighted by atomic mass is 19.3. The molecule has 0 fully saturated rings. The minimum absolute atomic E-state index is 0.0440. The van der Waals surface area contributed by atoms with Crippen LogP contribution >= 0.6 is 0 Å². The van der Waals surface area contributed by atoms with Crippen LogP contribution in [0.15, 0.2) is 36.4 Å². The molecule has 1 aromatic carbocycles. The molecule has 108 valence electrons. The zero-order valence-electron chi connectivity index (χ0n) is 10.5. The summed E-state index contributed by atoms with van der Waals surface area (Å²) in [4.78, 5) is 21.7. The van der Waals surface area contributed by atoms with Gasteiger partial charge in [-0.15, -0.1) is 0 Å². The van der Waals surface area contributed by atoms with Gasteiger partial charge in [0, 0.05) is 17.7 Å². The Morgan fingerprint density at radius 2 is 1.95 bits per heavy atom. The molecule has 1 rings (SSSR count). The van der Waals surface area contributed by atoms with Crippen molar-refractivity contribution >= 4 is 11.9 Å². The molecule has 0 aliphatic rings. The van der Waals surface area contributed by atoms with Crippen LogP contribution in [0.3, 0.4) is 0 Å². The number of para-hydroxylation sites is 1. The highest BCUT2D eigenvalue weighted by Gasteiger charge is 2.15. The number of nitrogens with one attached hydrogen (secondary N) is 1. The van der Waals surface area contributed by atoms with E-state index in [0.29, 0.717) is 11.6 Å². The van der Waals surface area contributed by atoms with Crippen molar-refractivity contribution in [3.05, 3.63) is 42.0 Å². The van der Waals surface area contributed by atoms with Gasteiger partial charge < -0.3 is 15.2 Å². The highest BCUT2D eigenvalue weighted by molar-refractivity contribution is 5.94. The number of halogens is 2. The van der Waals surface area contributed by atoms with Crippen molar-refractivity contribution in [2.45, 2.75) is 19.6 Å². The van der Waals surface area contributed by atoms with Gasteiger partial charge in [0.05, 0.1) is 6.04 Å². The van der Waals surface area contributed by atoms with Crippen LogP contribution in [0.1, 0.15) is 18.5 Å². The highest BCUT2D eigenvalue weighted by Crippen LogP contribution is 2.26.